The molecule has 10 heteroatoms. The van der Waals surface area contributed by atoms with E-state index in [0.717, 1.165) is 12.3 Å². The number of alkyl halides is 3. The highest BCUT2D eigenvalue weighted by atomic mass is 19.4. The first-order valence-corrected chi connectivity index (χ1v) is 9.59. The first kappa shape index (κ1) is 21.8. The molecule has 1 amide bonds. The van der Waals surface area contributed by atoms with Crippen LogP contribution in [-0.2, 0) is 10.9 Å². The molecule has 3 rings (SSSR count). The standard InChI is InChI=1S/C20H23F3N4O3/c1-3-29-15-7-5-13(2)26-18(15)19(28)27-9-4-10-30-17(27)12-25-16-8-6-14(11-24-16)20(21,22)23/h5-8,11,17H,3-4,9-10,12H2,1-2H3,(H,24,25). The first-order chi connectivity index (χ1) is 14.3. The molecule has 0 saturated carbocycles. The molecule has 2 aromatic rings. The van der Waals surface area contributed by atoms with Gasteiger partial charge in [0, 0.05) is 18.4 Å². The fraction of sp³-hybridized carbons (Fsp3) is 0.450. The summed E-state index contributed by atoms with van der Waals surface area (Å²) < 4.78 is 49.3. The number of hydrogen-bond donors (Lipinski definition) is 1. The molecule has 1 fully saturated rings. The van der Waals surface area contributed by atoms with Crippen LogP contribution in [0, 0.1) is 6.92 Å². The lowest BCUT2D eigenvalue weighted by molar-refractivity contribution is -0.137. The van der Waals surface area contributed by atoms with E-state index < -0.39 is 18.0 Å². The number of amides is 1. The molecule has 0 spiro atoms. The predicted molar refractivity (Wildman–Crippen MR) is 103 cm³/mol. The van der Waals surface area contributed by atoms with Gasteiger partial charge in [0.05, 0.1) is 25.3 Å². The number of hydrogen-bond acceptors (Lipinski definition) is 6. The molecule has 30 heavy (non-hydrogen) atoms. The average Bonchev–Trinajstić information content (AvgIpc) is 2.73. The number of nitrogens with one attached hydrogen (secondary N) is 1. The summed E-state index contributed by atoms with van der Waals surface area (Å²) in [6, 6.07) is 5.67. The van der Waals surface area contributed by atoms with Crippen LogP contribution in [0.15, 0.2) is 30.5 Å². The van der Waals surface area contributed by atoms with Crippen molar-refractivity contribution >= 4 is 11.7 Å². The number of carbonyl (C=O) groups excluding carboxylic acids is 1. The number of aryl methyl sites for hydroxylation is 1. The third-order valence-electron chi connectivity index (χ3n) is 4.51. The van der Waals surface area contributed by atoms with Gasteiger partial charge in [-0.25, -0.2) is 9.97 Å². The largest absolute Gasteiger partial charge is 0.491 e. The zero-order valence-corrected chi connectivity index (χ0v) is 16.7. The summed E-state index contributed by atoms with van der Waals surface area (Å²) in [5, 5.41) is 2.93. The number of pyridine rings is 2. The summed E-state index contributed by atoms with van der Waals surface area (Å²) >= 11 is 0. The molecule has 0 bridgehead atoms. The third-order valence-corrected chi connectivity index (χ3v) is 4.51. The van der Waals surface area contributed by atoms with Gasteiger partial charge in [0.25, 0.3) is 5.91 Å². The van der Waals surface area contributed by atoms with Gasteiger partial charge in [-0.05, 0) is 44.5 Å². The predicted octanol–water partition coefficient (Wildman–Crippen LogP) is 3.50. The number of aromatic nitrogens is 2. The average molecular weight is 424 g/mol. The van der Waals surface area contributed by atoms with Crippen LogP contribution in [-0.4, -0.2) is 53.3 Å². The maximum absolute atomic E-state index is 13.2. The summed E-state index contributed by atoms with van der Waals surface area (Å²) in [5.41, 5.74) is 0.0658. The minimum absolute atomic E-state index is 0.167. The Bertz CT molecular complexity index is 875. The van der Waals surface area contributed by atoms with Gasteiger partial charge in [-0.3, -0.25) is 4.79 Å². The van der Waals surface area contributed by atoms with Crippen LogP contribution in [0.25, 0.3) is 0 Å². The van der Waals surface area contributed by atoms with Crippen molar-refractivity contribution in [3.63, 3.8) is 0 Å². The van der Waals surface area contributed by atoms with E-state index in [9.17, 15) is 18.0 Å². The lowest BCUT2D eigenvalue weighted by atomic mass is 10.2. The molecule has 0 aromatic carbocycles. The smallest absolute Gasteiger partial charge is 0.417 e. The van der Waals surface area contributed by atoms with Gasteiger partial charge in [0.2, 0.25) is 0 Å². The normalized spacial score (nSPS) is 17.0. The van der Waals surface area contributed by atoms with Gasteiger partial charge in [0.15, 0.2) is 11.4 Å². The van der Waals surface area contributed by atoms with E-state index >= 15 is 0 Å². The zero-order valence-electron chi connectivity index (χ0n) is 16.7. The molecule has 2 aromatic heterocycles. The molecular formula is C20H23F3N4O3. The van der Waals surface area contributed by atoms with Crippen LogP contribution in [0.5, 0.6) is 5.75 Å². The van der Waals surface area contributed by atoms with Crippen LogP contribution >= 0.6 is 0 Å². The van der Waals surface area contributed by atoms with Crippen molar-refractivity contribution in [1.29, 1.82) is 0 Å². The van der Waals surface area contributed by atoms with Crippen LogP contribution in [0.3, 0.4) is 0 Å². The minimum atomic E-state index is -4.44. The van der Waals surface area contributed by atoms with Crippen LogP contribution < -0.4 is 10.1 Å². The Balaban J connectivity index is 1.72. The summed E-state index contributed by atoms with van der Waals surface area (Å²) in [7, 11) is 0. The lowest BCUT2D eigenvalue weighted by Gasteiger charge is -2.35. The highest BCUT2D eigenvalue weighted by Crippen LogP contribution is 2.29. The number of rotatable bonds is 6. The van der Waals surface area contributed by atoms with E-state index in [1.807, 2.05) is 6.92 Å². The zero-order chi connectivity index (χ0) is 21.7. The Hall–Kier alpha value is -2.88. The van der Waals surface area contributed by atoms with Crippen molar-refractivity contribution in [3.8, 4) is 5.75 Å². The second-order valence-corrected chi connectivity index (χ2v) is 6.72. The van der Waals surface area contributed by atoms with Gasteiger partial charge in [-0.2, -0.15) is 13.2 Å². The van der Waals surface area contributed by atoms with E-state index in [0.29, 0.717) is 37.6 Å². The van der Waals surface area contributed by atoms with Crippen molar-refractivity contribution in [2.75, 3.05) is 31.6 Å². The van der Waals surface area contributed by atoms with E-state index in [-0.39, 0.29) is 24.0 Å². The van der Waals surface area contributed by atoms with E-state index in [1.165, 1.54) is 6.07 Å². The van der Waals surface area contributed by atoms with Crippen LogP contribution in [0.1, 0.15) is 35.1 Å². The summed E-state index contributed by atoms with van der Waals surface area (Å²) in [5.74, 6) is 0.331. The maximum atomic E-state index is 13.2. The van der Waals surface area contributed by atoms with Gasteiger partial charge in [0.1, 0.15) is 12.0 Å². The molecule has 3 heterocycles. The van der Waals surface area contributed by atoms with E-state index in [2.05, 4.69) is 15.3 Å². The van der Waals surface area contributed by atoms with Crippen molar-refractivity contribution in [2.24, 2.45) is 0 Å². The van der Waals surface area contributed by atoms with Crippen LogP contribution in [0.2, 0.25) is 0 Å². The van der Waals surface area contributed by atoms with Crippen molar-refractivity contribution in [3.05, 3.63) is 47.4 Å². The first-order valence-electron chi connectivity index (χ1n) is 9.59. The minimum Gasteiger partial charge on any atom is -0.491 e. The van der Waals surface area contributed by atoms with Gasteiger partial charge < -0.3 is 19.7 Å². The second-order valence-electron chi connectivity index (χ2n) is 6.72. The molecule has 0 radical (unpaired) electrons. The summed E-state index contributed by atoms with van der Waals surface area (Å²) in [6.07, 6.45) is -3.64. The van der Waals surface area contributed by atoms with Crippen molar-refractivity contribution in [2.45, 2.75) is 32.7 Å². The Morgan fingerprint density at radius 1 is 1.33 bits per heavy atom. The number of carbonyl (C=O) groups is 1. The quantitative estimate of drug-likeness (QED) is 0.765. The molecular weight excluding hydrogens is 401 g/mol. The van der Waals surface area contributed by atoms with Gasteiger partial charge in [-0.1, -0.05) is 0 Å². The van der Waals surface area contributed by atoms with E-state index in [4.69, 9.17) is 9.47 Å². The highest BCUT2D eigenvalue weighted by Gasteiger charge is 2.32. The molecule has 1 atom stereocenters. The molecule has 7 nitrogen and oxygen atoms in total. The van der Waals surface area contributed by atoms with Gasteiger partial charge in [-0.15, -0.1) is 0 Å². The second kappa shape index (κ2) is 9.29. The SMILES string of the molecule is CCOc1ccc(C)nc1C(=O)N1CCCOC1CNc1ccc(C(F)(F)F)cn1. The Labute approximate surface area is 172 Å². The summed E-state index contributed by atoms with van der Waals surface area (Å²) in [6.45, 7) is 5.10. The molecule has 1 saturated heterocycles. The fourth-order valence-electron chi connectivity index (χ4n) is 3.05. The Morgan fingerprint density at radius 3 is 2.80 bits per heavy atom. The topological polar surface area (TPSA) is 76.6 Å². The maximum Gasteiger partial charge on any atom is 0.417 e. The van der Waals surface area contributed by atoms with E-state index in [1.54, 1.807) is 24.0 Å². The van der Waals surface area contributed by atoms with Crippen molar-refractivity contribution < 1.29 is 27.4 Å². The lowest BCUT2D eigenvalue weighted by Crippen LogP contribution is -2.50. The van der Waals surface area contributed by atoms with Gasteiger partial charge >= 0.3 is 6.18 Å². The van der Waals surface area contributed by atoms with Crippen LogP contribution in [0.4, 0.5) is 19.0 Å². The summed E-state index contributed by atoms with van der Waals surface area (Å²) in [4.78, 5) is 22.8. The third kappa shape index (κ3) is 5.18. The Kier molecular flexibility index (Phi) is 6.76. The molecule has 1 aliphatic rings. The molecule has 1 aliphatic heterocycles. The Morgan fingerprint density at radius 2 is 2.13 bits per heavy atom. The molecule has 1 unspecified atom stereocenters. The number of ether oxygens (including phenoxy) is 2. The number of anilines is 1. The number of halogens is 3. The number of nitrogens with zero attached hydrogens (tertiary/aromatic N) is 3. The molecule has 0 aliphatic carbocycles. The molecule has 1 N–H and O–H groups in total. The fourth-order valence-corrected chi connectivity index (χ4v) is 3.05. The monoisotopic (exact) mass is 424 g/mol. The van der Waals surface area contributed by atoms with Crippen molar-refractivity contribution in [1.82, 2.24) is 14.9 Å². The highest BCUT2D eigenvalue weighted by molar-refractivity contribution is 5.95. The molecule has 162 valence electrons.